The van der Waals surface area contributed by atoms with Crippen LogP contribution in [0.1, 0.15) is 38.5 Å². The molecular formula is C16H23N7O. The van der Waals surface area contributed by atoms with Crippen LogP contribution < -0.4 is 4.90 Å². The first-order valence-corrected chi connectivity index (χ1v) is 8.90. The van der Waals surface area contributed by atoms with Crippen LogP contribution in [0.15, 0.2) is 12.1 Å². The van der Waals surface area contributed by atoms with Crippen LogP contribution in [0, 0.1) is 5.92 Å². The molecule has 4 rings (SSSR count). The minimum absolute atomic E-state index is 0.0724. The highest BCUT2D eigenvalue weighted by atomic mass is 16.2. The van der Waals surface area contributed by atoms with E-state index in [1.807, 2.05) is 12.1 Å². The summed E-state index contributed by atoms with van der Waals surface area (Å²) in [5, 5.41) is 15.8. The molecule has 2 aliphatic rings. The number of anilines is 1. The molecular weight excluding hydrogens is 306 g/mol. The zero-order valence-corrected chi connectivity index (χ0v) is 13.8. The predicted molar refractivity (Wildman–Crippen MR) is 88.6 cm³/mol. The van der Waals surface area contributed by atoms with Gasteiger partial charge in [-0.3, -0.25) is 4.79 Å². The van der Waals surface area contributed by atoms with Crippen molar-refractivity contribution in [1.82, 2.24) is 30.2 Å². The first-order valence-electron chi connectivity index (χ1n) is 8.90. The van der Waals surface area contributed by atoms with Gasteiger partial charge >= 0.3 is 0 Å². The van der Waals surface area contributed by atoms with E-state index < -0.39 is 0 Å². The molecule has 0 radical (unpaired) electrons. The van der Waals surface area contributed by atoms with Crippen molar-refractivity contribution < 1.29 is 4.79 Å². The van der Waals surface area contributed by atoms with Crippen LogP contribution in [0.3, 0.4) is 0 Å². The first-order chi connectivity index (χ1) is 11.8. The van der Waals surface area contributed by atoms with Crippen molar-refractivity contribution in [2.45, 2.75) is 38.5 Å². The lowest BCUT2D eigenvalue weighted by Crippen LogP contribution is -2.45. The van der Waals surface area contributed by atoms with E-state index in [0.29, 0.717) is 11.6 Å². The van der Waals surface area contributed by atoms with Crippen molar-refractivity contribution >= 4 is 17.4 Å². The molecule has 1 atom stereocenters. The smallest absolute Gasteiger partial charge is 0.227 e. The number of amides is 1. The van der Waals surface area contributed by atoms with Crippen molar-refractivity contribution in [3.8, 4) is 0 Å². The summed E-state index contributed by atoms with van der Waals surface area (Å²) in [6.45, 7) is 3.49. The number of rotatable bonds is 2. The lowest BCUT2D eigenvalue weighted by molar-refractivity contribution is -0.135. The lowest BCUT2D eigenvalue weighted by atomic mass is 9.96. The number of likely N-dealkylation sites (tertiary alicyclic amines) is 1. The second-order valence-corrected chi connectivity index (χ2v) is 6.74. The van der Waals surface area contributed by atoms with Crippen molar-refractivity contribution in [2.24, 2.45) is 5.92 Å². The number of hydrogen-bond donors (Lipinski definition) is 0. The van der Waals surface area contributed by atoms with Gasteiger partial charge in [0.1, 0.15) is 0 Å². The molecule has 4 heterocycles. The Labute approximate surface area is 140 Å². The van der Waals surface area contributed by atoms with E-state index >= 15 is 0 Å². The van der Waals surface area contributed by atoms with Gasteiger partial charge in [-0.2, -0.15) is 0 Å². The van der Waals surface area contributed by atoms with Gasteiger partial charge in [0.15, 0.2) is 11.5 Å². The van der Waals surface area contributed by atoms with E-state index in [4.69, 9.17) is 0 Å². The van der Waals surface area contributed by atoms with Crippen molar-refractivity contribution in [2.75, 3.05) is 31.1 Å². The minimum atomic E-state index is 0.0724. The second-order valence-electron chi connectivity index (χ2n) is 6.74. The fourth-order valence-electron chi connectivity index (χ4n) is 3.74. The summed E-state index contributed by atoms with van der Waals surface area (Å²) in [5.41, 5.74) is 0.632. The molecule has 8 nitrogen and oxygen atoms in total. The number of hydrogen-bond acceptors (Lipinski definition) is 6. The molecule has 2 aromatic heterocycles. The van der Waals surface area contributed by atoms with Crippen LogP contribution in [-0.2, 0) is 4.79 Å². The summed E-state index contributed by atoms with van der Waals surface area (Å²) in [7, 11) is 0. The summed E-state index contributed by atoms with van der Waals surface area (Å²) >= 11 is 0. The van der Waals surface area contributed by atoms with Crippen LogP contribution in [-0.4, -0.2) is 62.2 Å². The Bertz CT molecular complexity index is 707. The Morgan fingerprint density at radius 3 is 2.71 bits per heavy atom. The van der Waals surface area contributed by atoms with Gasteiger partial charge < -0.3 is 9.80 Å². The Hall–Kier alpha value is -2.25. The molecule has 2 aromatic rings. The summed E-state index contributed by atoms with van der Waals surface area (Å²) < 4.78 is 1.44. The van der Waals surface area contributed by atoms with Crippen LogP contribution in [0.5, 0.6) is 0 Å². The third-order valence-electron chi connectivity index (χ3n) is 5.07. The molecule has 1 unspecified atom stereocenters. The highest BCUT2D eigenvalue weighted by molar-refractivity contribution is 5.79. The lowest BCUT2D eigenvalue weighted by Gasteiger charge is -2.35. The average molecular weight is 329 g/mol. The molecule has 0 aliphatic carbocycles. The number of aromatic nitrogens is 5. The van der Waals surface area contributed by atoms with E-state index in [0.717, 1.165) is 57.7 Å². The summed E-state index contributed by atoms with van der Waals surface area (Å²) in [6.07, 6.45) is 6.75. The number of piperidine rings is 1. The number of carbonyl (C=O) groups excluding carboxylic acids is 1. The van der Waals surface area contributed by atoms with Gasteiger partial charge in [0.05, 0.1) is 5.92 Å². The maximum atomic E-state index is 12.9. The Kier molecular flexibility index (Phi) is 4.27. The zero-order chi connectivity index (χ0) is 16.4. The fourth-order valence-corrected chi connectivity index (χ4v) is 3.74. The molecule has 128 valence electrons. The van der Waals surface area contributed by atoms with Gasteiger partial charge in [-0.25, -0.2) is 0 Å². The molecule has 2 saturated heterocycles. The molecule has 0 N–H and O–H groups in total. The normalized spacial score (nSPS) is 22.6. The SMILES string of the molecule is O=C(C1CCCN(c2ccc3nnnn3n2)C1)N1CCCCCC1. The summed E-state index contributed by atoms with van der Waals surface area (Å²) in [4.78, 5) is 17.2. The highest BCUT2D eigenvalue weighted by Crippen LogP contribution is 2.24. The molecule has 1 amide bonds. The van der Waals surface area contributed by atoms with Crippen molar-refractivity contribution in [3.63, 3.8) is 0 Å². The van der Waals surface area contributed by atoms with E-state index in [1.165, 1.54) is 17.5 Å². The van der Waals surface area contributed by atoms with E-state index in [9.17, 15) is 4.79 Å². The standard InChI is InChI=1S/C16H23N7O/c24-16(21-9-3-1-2-4-10-21)13-6-5-11-22(12-13)15-8-7-14-17-19-20-23(14)18-15/h7-8,13H,1-6,9-12H2. The topological polar surface area (TPSA) is 79.5 Å². The Morgan fingerprint density at radius 1 is 1.04 bits per heavy atom. The molecule has 2 fully saturated rings. The number of nitrogens with zero attached hydrogens (tertiary/aromatic N) is 7. The van der Waals surface area contributed by atoms with Crippen LogP contribution in [0.2, 0.25) is 0 Å². The largest absolute Gasteiger partial charge is 0.354 e. The molecule has 24 heavy (non-hydrogen) atoms. The molecule has 0 bridgehead atoms. The van der Waals surface area contributed by atoms with Gasteiger partial charge in [0.2, 0.25) is 5.91 Å². The summed E-state index contributed by atoms with van der Waals surface area (Å²) in [6, 6.07) is 3.80. The summed E-state index contributed by atoms with van der Waals surface area (Å²) in [5.74, 6) is 1.23. The second kappa shape index (κ2) is 6.70. The monoisotopic (exact) mass is 329 g/mol. The third kappa shape index (κ3) is 3.05. The van der Waals surface area contributed by atoms with Gasteiger partial charge in [0.25, 0.3) is 0 Å². The van der Waals surface area contributed by atoms with Crippen LogP contribution in [0.4, 0.5) is 5.82 Å². The maximum absolute atomic E-state index is 12.9. The third-order valence-corrected chi connectivity index (χ3v) is 5.07. The molecule has 2 aliphatic heterocycles. The highest BCUT2D eigenvalue weighted by Gasteiger charge is 2.30. The Morgan fingerprint density at radius 2 is 1.88 bits per heavy atom. The zero-order valence-electron chi connectivity index (χ0n) is 13.8. The number of tetrazole rings is 1. The molecule has 0 saturated carbocycles. The van der Waals surface area contributed by atoms with Gasteiger partial charge in [-0.1, -0.05) is 12.8 Å². The van der Waals surface area contributed by atoms with Gasteiger partial charge in [0, 0.05) is 26.2 Å². The van der Waals surface area contributed by atoms with Gasteiger partial charge in [-0.05, 0) is 48.2 Å². The van der Waals surface area contributed by atoms with E-state index in [-0.39, 0.29) is 5.92 Å². The van der Waals surface area contributed by atoms with Gasteiger partial charge in [-0.15, -0.1) is 14.8 Å². The Balaban J connectivity index is 1.47. The minimum Gasteiger partial charge on any atom is -0.354 e. The van der Waals surface area contributed by atoms with Crippen LogP contribution in [0.25, 0.3) is 5.65 Å². The quantitative estimate of drug-likeness (QED) is 0.822. The molecule has 8 heteroatoms. The maximum Gasteiger partial charge on any atom is 0.227 e. The van der Waals surface area contributed by atoms with E-state index in [1.54, 1.807) is 0 Å². The molecule has 0 spiro atoms. The first kappa shape index (κ1) is 15.3. The predicted octanol–water partition coefficient (Wildman–Crippen LogP) is 1.14. The van der Waals surface area contributed by atoms with Crippen LogP contribution >= 0.6 is 0 Å². The molecule has 0 aromatic carbocycles. The van der Waals surface area contributed by atoms with Crippen molar-refractivity contribution in [1.29, 1.82) is 0 Å². The van der Waals surface area contributed by atoms with E-state index in [2.05, 4.69) is 30.4 Å². The number of fused-ring (bicyclic) bond motifs is 1. The van der Waals surface area contributed by atoms with Crippen molar-refractivity contribution in [3.05, 3.63) is 12.1 Å². The fraction of sp³-hybridized carbons (Fsp3) is 0.688. The average Bonchev–Trinajstić information content (AvgIpc) is 2.93. The number of carbonyl (C=O) groups is 1.